The average Bonchev–Trinajstić information content (AvgIpc) is 2.87. The zero-order chi connectivity index (χ0) is 17.2. The van der Waals surface area contributed by atoms with E-state index >= 15 is 0 Å². The number of rotatable bonds is 5. The maximum atomic E-state index is 10.3. The molecule has 0 fully saturated rings. The largest absolute Gasteiger partial charge is 0.387 e. The maximum Gasteiger partial charge on any atom is 0.0928 e. The number of halogens is 1. The van der Waals surface area contributed by atoms with Crippen LogP contribution in [0, 0.1) is 6.92 Å². The lowest BCUT2D eigenvalue weighted by Gasteiger charge is -2.19. The zero-order valence-electron chi connectivity index (χ0n) is 14.5. The normalized spacial score (nSPS) is 14.7. The Morgan fingerprint density at radius 3 is 2.48 bits per heavy atom. The molecular weight excluding hydrogens is 310 g/mol. The van der Waals surface area contributed by atoms with Gasteiger partial charge in [0.1, 0.15) is 0 Å². The van der Waals surface area contributed by atoms with Gasteiger partial charge in [0.15, 0.2) is 0 Å². The van der Waals surface area contributed by atoms with Gasteiger partial charge in [0.25, 0.3) is 0 Å². The van der Waals surface area contributed by atoms with Crippen LogP contribution in [0.15, 0.2) is 30.5 Å². The lowest BCUT2D eigenvalue weighted by atomic mass is 10.1. The Labute approximate surface area is 143 Å². The van der Waals surface area contributed by atoms with Crippen LogP contribution in [0.2, 0.25) is 5.02 Å². The van der Waals surface area contributed by atoms with Crippen molar-refractivity contribution in [3.63, 3.8) is 0 Å². The fourth-order valence-corrected chi connectivity index (χ4v) is 2.76. The molecule has 4 nitrogen and oxygen atoms in total. The van der Waals surface area contributed by atoms with E-state index in [9.17, 15) is 5.11 Å². The second-order valence-electron chi connectivity index (χ2n) is 6.95. The number of nitrogens with zero attached hydrogens (tertiary/aromatic N) is 2. The van der Waals surface area contributed by atoms with Crippen molar-refractivity contribution in [2.24, 2.45) is 0 Å². The van der Waals surface area contributed by atoms with Crippen LogP contribution in [0.25, 0.3) is 0 Å². The predicted molar refractivity (Wildman–Crippen MR) is 94.8 cm³/mol. The fraction of sp³-hybridized carbons (Fsp3) is 0.500. The molecule has 5 heteroatoms. The van der Waals surface area contributed by atoms with Gasteiger partial charge in [-0.05, 0) is 40.7 Å². The molecule has 0 aliphatic carbocycles. The van der Waals surface area contributed by atoms with Crippen molar-refractivity contribution in [3.05, 3.63) is 52.3 Å². The standard InChI is InChI=1S/C18H26ClN3O/c1-12(15-11-22(18(3,4)5)21-13(15)2)20-10-17(23)14-8-6-7-9-16(14)19/h6-9,11-12,17,20,23H,10H2,1-5H3. The molecule has 0 aliphatic rings. The van der Waals surface area contributed by atoms with Crippen LogP contribution in [0.3, 0.4) is 0 Å². The highest BCUT2D eigenvalue weighted by Crippen LogP contribution is 2.24. The summed E-state index contributed by atoms with van der Waals surface area (Å²) in [6.07, 6.45) is 1.44. The van der Waals surface area contributed by atoms with Crippen molar-refractivity contribution in [3.8, 4) is 0 Å². The van der Waals surface area contributed by atoms with E-state index in [2.05, 4.69) is 44.3 Å². The molecule has 0 spiro atoms. The van der Waals surface area contributed by atoms with Gasteiger partial charge in [-0.15, -0.1) is 0 Å². The van der Waals surface area contributed by atoms with E-state index in [1.807, 2.05) is 29.8 Å². The molecule has 2 atom stereocenters. The Morgan fingerprint density at radius 2 is 1.91 bits per heavy atom. The van der Waals surface area contributed by atoms with E-state index in [0.717, 1.165) is 16.8 Å². The molecule has 0 aliphatic heterocycles. The first kappa shape index (κ1) is 18.0. The molecule has 126 valence electrons. The summed E-state index contributed by atoms with van der Waals surface area (Å²) >= 11 is 6.13. The number of aliphatic hydroxyl groups is 1. The monoisotopic (exact) mass is 335 g/mol. The van der Waals surface area contributed by atoms with Crippen LogP contribution < -0.4 is 5.32 Å². The quantitative estimate of drug-likeness (QED) is 0.868. The summed E-state index contributed by atoms with van der Waals surface area (Å²) in [4.78, 5) is 0. The van der Waals surface area contributed by atoms with Crippen LogP contribution in [0.4, 0.5) is 0 Å². The van der Waals surface area contributed by atoms with E-state index in [0.29, 0.717) is 11.6 Å². The minimum absolute atomic E-state index is 0.0419. The fourth-order valence-electron chi connectivity index (χ4n) is 2.50. The van der Waals surface area contributed by atoms with E-state index < -0.39 is 6.10 Å². The molecule has 23 heavy (non-hydrogen) atoms. The molecule has 2 rings (SSSR count). The first-order chi connectivity index (χ1) is 10.7. The van der Waals surface area contributed by atoms with Crippen molar-refractivity contribution < 1.29 is 5.11 Å². The first-order valence-corrected chi connectivity index (χ1v) is 8.30. The van der Waals surface area contributed by atoms with Gasteiger partial charge >= 0.3 is 0 Å². The van der Waals surface area contributed by atoms with Crippen molar-refractivity contribution in [1.82, 2.24) is 15.1 Å². The zero-order valence-corrected chi connectivity index (χ0v) is 15.2. The van der Waals surface area contributed by atoms with Crippen molar-refractivity contribution >= 4 is 11.6 Å². The van der Waals surface area contributed by atoms with E-state index in [1.54, 1.807) is 6.07 Å². The maximum absolute atomic E-state index is 10.3. The first-order valence-electron chi connectivity index (χ1n) is 7.92. The highest BCUT2D eigenvalue weighted by molar-refractivity contribution is 6.31. The van der Waals surface area contributed by atoms with Crippen LogP contribution in [-0.4, -0.2) is 21.4 Å². The van der Waals surface area contributed by atoms with Gasteiger partial charge in [-0.3, -0.25) is 4.68 Å². The van der Waals surface area contributed by atoms with Crippen LogP contribution >= 0.6 is 11.6 Å². The SMILES string of the molecule is Cc1nn(C(C)(C)C)cc1C(C)NCC(O)c1ccccc1Cl. The molecule has 0 bridgehead atoms. The van der Waals surface area contributed by atoms with Gasteiger partial charge in [-0.25, -0.2) is 0 Å². The number of nitrogens with one attached hydrogen (secondary N) is 1. The van der Waals surface area contributed by atoms with Gasteiger partial charge in [0.2, 0.25) is 0 Å². The summed E-state index contributed by atoms with van der Waals surface area (Å²) in [6, 6.07) is 7.48. The topological polar surface area (TPSA) is 50.1 Å². The lowest BCUT2D eigenvalue weighted by molar-refractivity contribution is 0.171. The van der Waals surface area contributed by atoms with Crippen LogP contribution in [0.1, 0.15) is 56.7 Å². The predicted octanol–water partition coefficient (Wildman–Crippen LogP) is 3.98. The van der Waals surface area contributed by atoms with E-state index in [-0.39, 0.29) is 11.6 Å². The smallest absolute Gasteiger partial charge is 0.0928 e. The minimum Gasteiger partial charge on any atom is -0.387 e. The number of aromatic nitrogens is 2. The number of aryl methyl sites for hydroxylation is 1. The summed E-state index contributed by atoms with van der Waals surface area (Å²) < 4.78 is 1.99. The Bertz CT molecular complexity index is 661. The summed E-state index contributed by atoms with van der Waals surface area (Å²) in [5.74, 6) is 0. The van der Waals surface area contributed by atoms with Crippen molar-refractivity contribution in [1.29, 1.82) is 0 Å². The molecule has 2 unspecified atom stereocenters. The molecule has 1 heterocycles. The third-order valence-electron chi connectivity index (χ3n) is 3.97. The third-order valence-corrected chi connectivity index (χ3v) is 4.32. The summed E-state index contributed by atoms with van der Waals surface area (Å²) in [5, 5.41) is 18.9. The van der Waals surface area contributed by atoms with Crippen LogP contribution in [0.5, 0.6) is 0 Å². The van der Waals surface area contributed by atoms with Gasteiger partial charge < -0.3 is 10.4 Å². The molecular formula is C18H26ClN3O. The second kappa shape index (κ2) is 7.04. The molecule has 0 radical (unpaired) electrons. The summed E-state index contributed by atoms with van der Waals surface area (Å²) in [6.45, 7) is 10.9. The Kier molecular flexibility index (Phi) is 5.50. The molecule has 2 N–H and O–H groups in total. The van der Waals surface area contributed by atoms with Gasteiger partial charge in [0.05, 0.1) is 17.3 Å². The average molecular weight is 336 g/mol. The van der Waals surface area contributed by atoms with Crippen LogP contribution in [-0.2, 0) is 5.54 Å². The number of aliphatic hydroxyl groups excluding tert-OH is 1. The third kappa shape index (κ3) is 4.34. The van der Waals surface area contributed by atoms with Crippen molar-refractivity contribution in [2.75, 3.05) is 6.54 Å². The van der Waals surface area contributed by atoms with Crippen molar-refractivity contribution in [2.45, 2.75) is 52.3 Å². The van der Waals surface area contributed by atoms with Gasteiger partial charge in [-0.2, -0.15) is 5.10 Å². The van der Waals surface area contributed by atoms with Gasteiger partial charge in [0, 0.05) is 34.9 Å². The van der Waals surface area contributed by atoms with E-state index in [4.69, 9.17) is 11.6 Å². The van der Waals surface area contributed by atoms with Gasteiger partial charge in [-0.1, -0.05) is 29.8 Å². The molecule has 0 amide bonds. The Balaban J connectivity index is 2.04. The number of hydrogen-bond acceptors (Lipinski definition) is 3. The summed E-state index contributed by atoms with van der Waals surface area (Å²) in [5.41, 5.74) is 2.86. The molecule has 1 aromatic heterocycles. The Morgan fingerprint density at radius 1 is 1.26 bits per heavy atom. The highest BCUT2D eigenvalue weighted by Gasteiger charge is 2.20. The second-order valence-corrected chi connectivity index (χ2v) is 7.36. The summed E-state index contributed by atoms with van der Waals surface area (Å²) in [7, 11) is 0. The molecule has 1 aromatic carbocycles. The lowest BCUT2D eigenvalue weighted by Crippen LogP contribution is -2.25. The molecule has 0 saturated heterocycles. The number of benzene rings is 1. The molecule has 2 aromatic rings. The Hall–Kier alpha value is -1.36. The minimum atomic E-state index is -0.635. The number of hydrogen-bond donors (Lipinski definition) is 2. The van der Waals surface area contributed by atoms with E-state index in [1.165, 1.54) is 0 Å². The molecule has 0 saturated carbocycles. The highest BCUT2D eigenvalue weighted by atomic mass is 35.5.